The minimum Gasteiger partial charge on any atom is -0.466 e. The zero-order chi connectivity index (χ0) is 34.7. The summed E-state index contributed by atoms with van der Waals surface area (Å²) in [5, 5.41) is 6.08. The molecule has 1 N–H and O–H groups in total. The second-order valence-corrected chi connectivity index (χ2v) is 14.7. The number of thiophene rings is 1. The first-order valence-electron chi connectivity index (χ1n) is 17.0. The zero-order valence-electron chi connectivity index (χ0n) is 27.8. The summed E-state index contributed by atoms with van der Waals surface area (Å²) in [6.45, 7) is 4.37. The fourth-order valence-corrected chi connectivity index (χ4v) is 8.57. The molecule has 1 unspecified atom stereocenters. The molecule has 13 heteroatoms. The van der Waals surface area contributed by atoms with E-state index >= 15 is 0 Å². The van der Waals surface area contributed by atoms with Crippen LogP contribution in [0, 0.1) is 5.92 Å². The average Bonchev–Trinajstić information content (AvgIpc) is 3.79. The first kappa shape index (κ1) is 35.8. The molecule has 49 heavy (non-hydrogen) atoms. The number of ketones is 1. The number of nitrogens with zero attached hydrogens (tertiary/aromatic N) is 3. The number of nitrogens with one attached hydrogen (secondary N) is 1. The van der Waals surface area contributed by atoms with Gasteiger partial charge >= 0.3 is 5.97 Å². The monoisotopic (exact) mass is 728 g/mol. The van der Waals surface area contributed by atoms with Gasteiger partial charge in [-0.2, -0.15) is 0 Å². The highest BCUT2D eigenvalue weighted by Gasteiger charge is 2.54. The van der Waals surface area contributed by atoms with E-state index in [-0.39, 0.29) is 58.6 Å². The highest BCUT2D eigenvalue weighted by molar-refractivity contribution is 7.17. The van der Waals surface area contributed by atoms with E-state index in [0.717, 1.165) is 22.9 Å². The molecule has 0 radical (unpaired) electrons. The van der Waals surface area contributed by atoms with Gasteiger partial charge in [-0.1, -0.05) is 41.4 Å². The molecular weight excluding hydrogens is 687 g/mol. The number of carbonyl (C=O) groups excluding carboxylic acids is 4. The van der Waals surface area contributed by atoms with Gasteiger partial charge in [0.15, 0.2) is 5.78 Å². The highest BCUT2D eigenvalue weighted by Crippen LogP contribution is 2.38. The molecular formula is C36H42Cl2N4O6S. The lowest BCUT2D eigenvalue weighted by molar-refractivity contribution is -0.259. The Morgan fingerprint density at radius 1 is 0.980 bits per heavy atom. The maximum absolute atomic E-state index is 14.9. The number of esters is 1. The smallest absolute Gasteiger partial charge is 0.308 e. The fourth-order valence-electron chi connectivity index (χ4n) is 7.16. The van der Waals surface area contributed by atoms with E-state index < -0.39 is 5.85 Å². The number of halogens is 2. The van der Waals surface area contributed by atoms with Crippen molar-refractivity contribution >= 4 is 73.9 Å². The van der Waals surface area contributed by atoms with Gasteiger partial charge in [0.2, 0.25) is 11.8 Å². The van der Waals surface area contributed by atoms with Crippen molar-refractivity contribution in [3.8, 4) is 0 Å². The largest absolute Gasteiger partial charge is 0.466 e. The Balaban J connectivity index is 1.27. The summed E-state index contributed by atoms with van der Waals surface area (Å²) in [6, 6.07) is 10.9. The summed E-state index contributed by atoms with van der Waals surface area (Å²) in [5.41, 5.74) is 1.38. The Morgan fingerprint density at radius 2 is 1.71 bits per heavy atom. The van der Waals surface area contributed by atoms with Crippen LogP contribution < -0.4 is 5.32 Å². The fraction of sp³-hybridized carbons (Fsp3) is 0.500. The Labute approximate surface area is 300 Å². The van der Waals surface area contributed by atoms with Gasteiger partial charge in [-0.15, -0.1) is 11.3 Å². The number of amides is 2. The predicted molar refractivity (Wildman–Crippen MR) is 191 cm³/mol. The van der Waals surface area contributed by atoms with E-state index in [9.17, 15) is 19.2 Å². The SMILES string of the molecule is CCOC(=O)[C@H]1CC[C@H](OC(C(=O)Cc2cc(Cl)c(NC(=O)c3csc4ccccc34)cc2Cl)(N2CCCC2)N2CCN(C)C(=O)C2)CC1. The van der Waals surface area contributed by atoms with Gasteiger partial charge in [0, 0.05) is 60.1 Å². The predicted octanol–water partition coefficient (Wildman–Crippen LogP) is 6.23. The quantitative estimate of drug-likeness (QED) is 0.232. The molecule has 6 rings (SSSR count). The van der Waals surface area contributed by atoms with E-state index in [1.807, 2.05) is 34.5 Å². The molecule has 2 aliphatic heterocycles. The number of piperazine rings is 1. The number of ether oxygens (including phenoxy) is 2. The molecule has 3 aliphatic rings. The second-order valence-electron chi connectivity index (χ2n) is 13.0. The van der Waals surface area contributed by atoms with Gasteiger partial charge in [0.25, 0.3) is 5.91 Å². The Morgan fingerprint density at radius 3 is 2.43 bits per heavy atom. The van der Waals surface area contributed by atoms with E-state index in [1.54, 1.807) is 31.0 Å². The number of hydrogen-bond acceptors (Lipinski definition) is 9. The first-order chi connectivity index (χ1) is 23.6. The van der Waals surface area contributed by atoms with Gasteiger partial charge < -0.3 is 19.7 Å². The normalized spacial score (nSPS) is 21.9. The van der Waals surface area contributed by atoms with Crippen LogP contribution in [0.15, 0.2) is 41.8 Å². The summed E-state index contributed by atoms with van der Waals surface area (Å²) in [5.74, 6) is -2.52. The summed E-state index contributed by atoms with van der Waals surface area (Å²) >= 11 is 15.0. The number of rotatable bonds is 11. The molecule has 0 spiro atoms. The molecule has 1 saturated carbocycles. The van der Waals surface area contributed by atoms with Crippen LogP contribution >= 0.6 is 34.5 Å². The summed E-state index contributed by atoms with van der Waals surface area (Å²) in [6.07, 6.45) is 3.79. The van der Waals surface area contributed by atoms with E-state index in [2.05, 4.69) is 10.2 Å². The van der Waals surface area contributed by atoms with Crippen molar-refractivity contribution in [2.24, 2.45) is 5.92 Å². The number of hydrogen-bond donors (Lipinski definition) is 1. The van der Waals surface area contributed by atoms with Crippen molar-refractivity contribution in [1.82, 2.24) is 14.7 Å². The highest BCUT2D eigenvalue weighted by atomic mass is 35.5. The lowest BCUT2D eigenvalue weighted by atomic mass is 9.87. The number of likely N-dealkylation sites (tertiary alicyclic amines) is 1. The van der Waals surface area contributed by atoms with Crippen LogP contribution in [0.1, 0.15) is 61.4 Å². The standard InChI is InChI=1S/C36H42Cl2N4O6S/c1-3-47-35(46)23-10-12-25(13-11-23)48-36(41-14-6-7-15-41,42-17-16-40(2)33(44)21-42)32(43)19-24-18-29(38)30(20-28(24)37)39-34(45)27-22-49-31-9-5-4-8-26(27)31/h4-5,8-9,18,20,22-23,25H,3,6-7,10-17,19,21H2,1-2H3,(H,39,45)/t23-,25-,36?. The summed E-state index contributed by atoms with van der Waals surface area (Å²) in [7, 11) is 1.76. The van der Waals surface area contributed by atoms with Crippen molar-refractivity contribution in [3.63, 3.8) is 0 Å². The van der Waals surface area contributed by atoms with Crippen LogP contribution in [0.3, 0.4) is 0 Å². The first-order valence-corrected chi connectivity index (χ1v) is 18.6. The van der Waals surface area contributed by atoms with Crippen LogP contribution in [0.5, 0.6) is 0 Å². The van der Waals surface area contributed by atoms with Crippen molar-refractivity contribution in [3.05, 3.63) is 63.0 Å². The molecule has 1 aromatic heterocycles. The average molecular weight is 730 g/mol. The molecule has 2 saturated heterocycles. The van der Waals surface area contributed by atoms with E-state index in [1.165, 1.54) is 11.3 Å². The van der Waals surface area contributed by atoms with Gasteiger partial charge in [0.05, 0.1) is 41.4 Å². The van der Waals surface area contributed by atoms with Crippen molar-refractivity contribution in [2.75, 3.05) is 51.7 Å². The molecule has 2 aromatic carbocycles. The Bertz CT molecular complexity index is 1720. The summed E-state index contributed by atoms with van der Waals surface area (Å²) in [4.78, 5) is 59.3. The molecule has 2 amide bonds. The maximum Gasteiger partial charge on any atom is 0.308 e. The molecule has 3 aromatic rings. The maximum atomic E-state index is 14.9. The van der Waals surface area contributed by atoms with Crippen LogP contribution in [0.2, 0.25) is 10.0 Å². The molecule has 1 atom stereocenters. The van der Waals surface area contributed by atoms with Gasteiger partial charge in [-0.25, -0.2) is 4.90 Å². The minimum atomic E-state index is -1.50. The summed E-state index contributed by atoms with van der Waals surface area (Å²) < 4.78 is 13.2. The minimum absolute atomic E-state index is 0.0354. The number of carbonyl (C=O) groups is 4. The molecule has 262 valence electrons. The van der Waals surface area contributed by atoms with E-state index in [4.69, 9.17) is 32.7 Å². The Kier molecular flexibility index (Phi) is 11.3. The number of fused-ring (bicyclic) bond motifs is 1. The molecule has 3 heterocycles. The number of anilines is 1. The Hall–Kier alpha value is -3.06. The molecule has 10 nitrogen and oxygen atoms in total. The van der Waals surface area contributed by atoms with Crippen molar-refractivity contribution in [2.45, 2.75) is 63.8 Å². The van der Waals surface area contributed by atoms with Gasteiger partial charge in [-0.05, 0) is 69.2 Å². The van der Waals surface area contributed by atoms with Crippen LogP contribution in [-0.2, 0) is 30.3 Å². The van der Waals surface area contributed by atoms with Crippen molar-refractivity contribution < 1.29 is 28.7 Å². The number of benzene rings is 2. The second kappa shape index (κ2) is 15.4. The molecule has 3 fully saturated rings. The third kappa shape index (κ3) is 7.52. The number of Topliss-reactive ketones (excluding diaryl/α,β-unsaturated/α-hetero) is 1. The van der Waals surface area contributed by atoms with E-state index in [0.29, 0.717) is 75.3 Å². The molecule has 0 bridgehead atoms. The van der Waals surface area contributed by atoms with Crippen molar-refractivity contribution in [1.29, 1.82) is 0 Å². The molecule has 1 aliphatic carbocycles. The lowest BCUT2D eigenvalue weighted by Crippen LogP contribution is -2.71. The van der Waals surface area contributed by atoms with Gasteiger partial charge in [-0.3, -0.25) is 24.1 Å². The van der Waals surface area contributed by atoms with Gasteiger partial charge in [0.1, 0.15) is 0 Å². The third-order valence-electron chi connectivity index (χ3n) is 9.87. The van der Waals surface area contributed by atoms with Crippen LogP contribution in [0.25, 0.3) is 10.1 Å². The third-order valence-corrected chi connectivity index (χ3v) is 11.5. The van der Waals surface area contributed by atoms with Crippen LogP contribution in [-0.4, -0.2) is 96.6 Å². The number of likely N-dealkylation sites (N-methyl/N-ethyl adjacent to an activating group) is 1. The zero-order valence-corrected chi connectivity index (χ0v) is 30.2. The van der Waals surface area contributed by atoms with Crippen LogP contribution in [0.4, 0.5) is 5.69 Å². The topological polar surface area (TPSA) is 108 Å². The lowest BCUT2D eigenvalue weighted by Gasteiger charge is -2.51.